The first-order valence-corrected chi connectivity index (χ1v) is 6.04. The lowest BCUT2D eigenvalue weighted by molar-refractivity contribution is -0.125. The van der Waals surface area contributed by atoms with Crippen LogP contribution in [0.5, 0.6) is 0 Å². The SMILES string of the molecule is C/C=C/C(=O)N(C)Cc1cn(C)c2ccccc12. The van der Waals surface area contributed by atoms with E-state index in [1.165, 1.54) is 16.5 Å². The van der Waals surface area contributed by atoms with Crippen LogP contribution < -0.4 is 0 Å². The molecule has 0 saturated carbocycles. The van der Waals surface area contributed by atoms with Crippen molar-refractivity contribution in [3.8, 4) is 0 Å². The highest BCUT2D eigenvalue weighted by Gasteiger charge is 2.10. The minimum Gasteiger partial charge on any atom is -0.350 e. The third-order valence-corrected chi connectivity index (χ3v) is 3.07. The van der Waals surface area contributed by atoms with Crippen LogP contribution in [-0.2, 0) is 18.4 Å². The Morgan fingerprint density at radius 1 is 1.39 bits per heavy atom. The standard InChI is InChI=1S/C15H18N2O/c1-4-7-15(18)17(3)11-12-10-16(2)14-9-6-5-8-13(12)14/h4-10H,11H2,1-3H3/b7-4+. The molecule has 1 aromatic heterocycles. The van der Waals surface area contributed by atoms with E-state index >= 15 is 0 Å². The van der Waals surface area contributed by atoms with Crippen LogP contribution in [0.1, 0.15) is 12.5 Å². The first-order valence-electron chi connectivity index (χ1n) is 6.04. The fraction of sp³-hybridized carbons (Fsp3) is 0.267. The fourth-order valence-electron chi connectivity index (χ4n) is 2.15. The van der Waals surface area contributed by atoms with Gasteiger partial charge in [-0.15, -0.1) is 0 Å². The number of aryl methyl sites for hydroxylation is 1. The molecule has 94 valence electrons. The van der Waals surface area contributed by atoms with E-state index in [2.05, 4.69) is 22.9 Å². The smallest absolute Gasteiger partial charge is 0.246 e. The van der Waals surface area contributed by atoms with Crippen molar-refractivity contribution in [2.24, 2.45) is 7.05 Å². The Bertz CT molecular complexity index is 596. The molecule has 18 heavy (non-hydrogen) atoms. The molecule has 0 spiro atoms. The summed E-state index contributed by atoms with van der Waals surface area (Å²) in [6, 6.07) is 8.24. The van der Waals surface area contributed by atoms with Gasteiger partial charge in [-0.05, 0) is 24.6 Å². The number of carbonyl (C=O) groups is 1. The van der Waals surface area contributed by atoms with Crippen LogP contribution >= 0.6 is 0 Å². The van der Waals surface area contributed by atoms with Gasteiger partial charge in [0.25, 0.3) is 0 Å². The average Bonchev–Trinajstić information content (AvgIpc) is 2.67. The number of rotatable bonds is 3. The molecular weight excluding hydrogens is 224 g/mol. The van der Waals surface area contributed by atoms with Crippen molar-refractivity contribution in [3.05, 3.63) is 48.2 Å². The predicted octanol–water partition coefficient (Wildman–Crippen LogP) is 2.71. The monoisotopic (exact) mass is 242 g/mol. The molecule has 3 nitrogen and oxygen atoms in total. The molecule has 0 bridgehead atoms. The number of benzene rings is 1. The second-order valence-corrected chi connectivity index (χ2v) is 4.48. The number of allylic oxidation sites excluding steroid dienone is 1. The maximum absolute atomic E-state index is 11.7. The van der Waals surface area contributed by atoms with Crippen molar-refractivity contribution in [2.45, 2.75) is 13.5 Å². The quantitative estimate of drug-likeness (QED) is 0.760. The van der Waals surface area contributed by atoms with E-state index in [9.17, 15) is 4.79 Å². The van der Waals surface area contributed by atoms with E-state index in [-0.39, 0.29) is 5.91 Å². The number of hydrogen-bond acceptors (Lipinski definition) is 1. The van der Waals surface area contributed by atoms with Crippen LogP contribution in [0.4, 0.5) is 0 Å². The predicted molar refractivity (Wildman–Crippen MR) is 74.2 cm³/mol. The number of nitrogens with zero attached hydrogens (tertiary/aromatic N) is 2. The lowest BCUT2D eigenvalue weighted by atomic mass is 10.1. The highest BCUT2D eigenvalue weighted by molar-refractivity contribution is 5.88. The Balaban J connectivity index is 2.30. The number of aromatic nitrogens is 1. The highest BCUT2D eigenvalue weighted by Crippen LogP contribution is 2.21. The largest absolute Gasteiger partial charge is 0.350 e. The molecule has 1 aromatic carbocycles. The van der Waals surface area contributed by atoms with Crippen molar-refractivity contribution in [2.75, 3.05) is 7.05 Å². The first kappa shape index (κ1) is 12.4. The maximum atomic E-state index is 11.7. The number of amides is 1. The van der Waals surface area contributed by atoms with E-state index in [0.29, 0.717) is 6.54 Å². The minimum absolute atomic E-state index is 0.0328. The maximum Gasteiger partial charge on any atom is 0.246 e. The van der Waals surface area contributed by atoms with Gasteiger partial charge >= 0.3 is 0 Å². The summed E-state index contributed by atoms with van der Waals surface area (Å²) in [4.78, 5) is 13.4. The summed E-state index contributed by atoms with van der Waals surface area (Å²) in [5, 5.41) is 1.21. The molecule has 0 aliphatic rings. The summed E-state index contributed by atoms with van der Waals surface area (Å²) < 4.78 is 2.10. The molecule has 0 aliphatic heterocycles. The van der Waals surface area contributed by atoms with Gasteiger partial charge in [0.2, 0.25) is 5.91 Å². The molecule has 0 N–H and O–H groups in total. The van der Waals surface area contributed by atoms with Crippen molar-refractivity contribution in [3.63, 3.8) is 0 Å². The van der Waals surface area contributed by atoms with Crippen LogP contribution in [0.3, 0.4) is 0 Å². The molecule has 0 radical (unpaired) electrons. The highest BCUT2D eigenvalue weighted by atomic mass is 16.2. The van der Waals surface area contributed by atoms with Crippen LogP contribution in [0.25, 0.3) is 10.9 Å². The summed E-state index contributed by atoms with van der Waals surface area (Å²) in [7, 11) is 3.85. The zero-order valence-electron chi connectivity index (χ0n) is 11.1. The van der Waals surface area contributed by atoms with Gasteiger partial charge in [0.15, 0.2) is 0 Å². The summed E-state index contributed by atoms with van der Waals surface area (Å²) in [6.07, 6.45) is 5.44. The summed E-state index contributed by atoms with van der Waals surface area (Å²) >= 11 is 0. The molecular formula is C15H18N2O. The fourth-order valence-corrected chi connectivity index (χ4v) is 2.15. The molecule has 2 aromatic rings. The van der Waals surface area contributed by atoms with Crippen molar-refractivity contribution in [1.82, 2.24) is 9.47 Å². The van der Waals surface area contributed by atoms with Gasteiger partial charge in [-0.3, -0.25) is 4.79 Å². The zero-order valence-corrected chi connectivity index (χ0v) is 11.1. The summed E-state index contributed by atoms with van der Waals surface area (Å²) in [6.45, 7) is 2.48. The van der Waals surface area contributed by atoms with Gasteiger partial charge in [0.05, 0.1) is 0 Å². The van der Waals surface area contributed by atoms with Crippen molar-refractivity contribution < 1.29 is 4.79 Å². The molecule has 0 unspecified atom stereocenters. The Morgan fingerprint density at radius 3 is 2.83 bits per heavy atom. The van der Waals surface area contributed by atoms with Crippen LogP contribution in [-0.4, -0.2) is 22.4 Å². The van der Waals surface area contributed by atoms with Gasteiger partial charge in [0, 0.05) is 37.7 Å². The van der Waals surface area contributed by atoms with E-state index in [1.54, 1.807) is 17.1 Å². The van der Waals surface area contributed by atoms with E-state index in [4.69, 9.17) is 0 Å². The van der Waals surface area contributed by atoms with Gasteiger partial charge < -0.3 is 9.47 Å². The Kier molecular flexibility index (Phi) is 3.51. The van der Waals surface area contributed by atoms with Gasteiger partial charge in [-0.1, -0.05) is 24.3 Å². The number of para-hydroxylation sites is 1. The Morgan fingerprint density at radius 2 is 2.11 bits per heavy atom. The Hall–Kier alpha value is -2.03. The first-order chi connectivity index (χ1) is 8.63. The molecule has 0 saturated heterocycles. The third-order valence-electron chi connectivity index (χ3n) is 3.07. The molecule has 0 fully saturated rings. The third kappa shape index (κ3) is 2.30. The molecule has 3 heteroatoms. The molecule has 0 aliphatic carbocycles. The zero-order chi connectivity index (χ0) is 13.1. The van der Waals surface area contributed by atoms with Crippen LogP contribution in [0.15, 0.2) is 42.6 Å². The average molecular weight is 242 g/mol. The summed E-state index contributed by atoms with van der Waals surface area (Å²) in [5.41, 5.74) is 2.37. The van der Waals surface area contributed by atoms with Crippen molar-refractivity contribution >= 4 is 16.8 Å². The van der Waals surface area contributed by atoms with Gasteiger partial charge in [-0.2, -0.15) is 0 Å². The van der Waals surface area contributed by atoms with E-state index < -0.39 is 0 Å². The lowest BCUT2D eigenvalue weighted by Crippen LogP contribution is -2.23. The van der Waals surface area contributed by atoms with Crippen LogP contribution in [0, 0.1) is 0 Å². The molecule has 1 amide bonds. The van der Waals surface area contributed by atoms with E-state index in [1.807, 2.05) is 33.2 Å². The minimum atomic E-state index is 0.0328. The Labute approximate surface area is 107 Å². The summed E-state index contributed by atoms with van der Waals surface area (Å²) in [5.74, 6) is 0.0328. The lowest BCUT2D eigenvalue weighted by Gasteiger charge is -2.14. The number of fused-ring (bicyclic) bond motifs is 1. The number of likely N-dealkylation sites (N-methyl/N-ethyl adjacent to an activating group) is 1. The molecule has 1 heterocycles. The van der Waals surface area contributed by atoms with E-state index in [0.717, 1.165) is 0 Å². The second-order valence-electron chi connectivity index (χ2n) is 4.48. The number of carbonyl (C=O) groups excluding carboxylic acids is 1. The normalized spacial score (nSPS) is 11.3. The van der Waals surface area contributed by atoms with Gasteiger partial charge in [-0.25, -0.2) is 0 Å². The molecule has 2 rings (SSSR count). The topological polar surface area (TPSA) is 25.2 Å². The molecule has 0 atom stereocenters. The van der Waals surface area contributed by atoms with Crippen LogP contribution in [0.2, 0.25) is 0 Å². The van der Waals surface area contributed by atoms with Gasteiger partial charge in [0.1, 0.15) is 0 Å². The second kappa shape index (κ2) is 5.08. The van der Waals surface area contributed by atoms with Crippen molar-refractivity contribution in [1.29, 1.82) is 0 Å². The number of hydrogen-bond donors (Lipinski definition) is 0.